The molecule has 0 aromatic heterocycles. The molecule has 0 atom stereocenters. The molecule has 18 heavy (non-hydrogen) atoms. The van der Waals surface area contributed by atoms with Crippen LogP contribution in [0, 0.1) is 5.82 Å². The largest absolute Gasteiger partial charge is 0.497 e. The maximum atomic E-state index is 13.2. The SMILES string of the molecule is COc1ccc(COc2ccc(N)c(F)c2)cc1. The number of halogens is 1. The third kappa shape index (κ3) is 2.91. The molecule has 0 spiro atoms. The van der Waals surface area contributed by atoms with Crippen LogP contribution < -0.4 is 15.2 Å². The summed E-state index contributed by atoms with van der Waals surface area (Å²) in [4.78, 5) is 0. The molecule has 0 heterocycles. The zero-order chi connectivity index (χ0) is 13.0. The van der Waals surface area contributed by atoms with Gasteiger partial charge in [0.25, 0.3) is 0 Å². The maximum Gasteiger partial charge on any atom is 0.149 e. The van der Waals surface area contributed by atoms with Gasteiger partial charge in [0.05, 0.1) is 12.8 Å². The topological polar surface area (TPSA) is 44.5 Å². The standard InChI is InChI=1S/C14H14FNO2/c1-17-11-4-2-10(3-5-11)9-18-12-6-7-14(16)13(15)8-12/h2-8H,9,16H2,1H3. The molecule has 0 amide bonds. The quantitative estimate of drug-likeness (QED) is 0.845. The van der Waals surface area contributed by atoms with Crippen LogP contribution in [-0.4, -0.2) is 7.11 Å². The zero-order valence-electron chi connectivity index (χ0n) is 10.0. The number of benzene rings is 2. The van der Waals surface area contributed by atoms with Crippen molar-refractivity contribution in [2.75, 3.05) is 12.8 Å². The minimum Gasteiger partial charge on any atom is -0.497 e. The number of nitrogens with two attached hydrogens (primary N) is 1. The summed E-state index contributed by atoms with van der Waals surface area (Å²) in [6.45, 7) is 0.368. The number of rotatable bonds is 4. The lowest BCUT2D eigenvalue weighted by molar-refractivity contribution is 0.304. The van der Waals surface area contributed by atoms with Crippen molar-refractivity contribution in [3.8, 4) is 11.5 Å². The summed E-state index contributed by atoms with van der Waals surface area (Å²) < 4.78 is 23.7. The molecule has 0 aliphatic heterocycles. The van der Waals surface area contributed by atoms with Crippen LogP contribution in [0.3, 0.4) is 0 Å². The Morgan fingerprint density at radius 3 is 2.33 bits per heavy atom. The molecule has 2 aromatic rings. The van der Waals surface area contributed by atoms with Crippen LogP contribution in [0.15, 0.2) is 42.5 Å². The van der Waals surface area contributed by atoms with Gasteiger partial charge in [-0.3, -0.25) is 0 Å². The van der Waals surface area contributed by atoms with Crippen molar-refractivity contribution in [2.24, 2.45) is 0 Å². The number of nitrogen functional groups attached to an aromatic ring is 1. The average molecular weight is 247 g/mol. The number of anilines is 1. The average Bonchev–Trinajstić information content (AvgIpc) is 2.41. The molecule has 94 valence electrons. The Kier molecular flexibility index (Phi) is 3.67. The van der Waals surface area contributed by atoms with Gasteiger partial charge in [0.2, 0.25) is 0 Å². The van der Waals surface area contributed by atoms with Gasteiger partial charge in [-0.1, -0.05) is 12.1 Å². The van der Waals surface area contributed by atoms with E-state index in [0.717, 1.165) is 11.3 Å². The molecular formula is C14H14FNO2. The van der Waals surface area contributed by atoms with E-state index in [0.29, 0.717) is 12.4 Å². The predicted octanol–water partition coefficient (Wildman–Crippen LogP) is 3.00. The second-order valence-electron chi connectivity index (χ2n) is 3.82. The maximum absolute atomic E-state index is 13.2. The number of ether oxygens (including phenoxy) is 2. The molecule has 0 saturated heterocycles. The highest BCUT2D eigenvalue weighted by Crippen LogP contribution is 2.19. The Morgan fingerprint density at radius 1 is 1.06 bits per heavy atom. The Bertz CT molecular complexity index is 526. The first kappa shape index (κ1) is 12.2. The van der Waals surface area contributed by atoms with Crippen molar-refractivity contribution in [1.29, 1.82) is 0 Å². The summed E-state index contributed by atoms with van der Waals surface area (Å²) >= 11 is 0. The first-order valence-electron chi connectivity index (χ1n) is 5.50. The van der Waals surface area contributed by atoms with Gasteiger partial charge in [0, 0.05) is 6.07 Å². The zero-order valence-corrected chi connectivity index (χ0v) is 10.0. The van der Waals surface area contributed by atoms with Crippen LogP contribution >= 0.6 is 0 Å². The molecule has 0 aliphatic carbocycles. The van der Waals surface area contributed by atoms with Crippen molar-refractivity contribution in [2.45, 2.75) is 6.61 Å². The van der Waals surface area contributed by atoms with Gasteiger partial charge < -0.3 is 15.2 Å². The predicted molar refractivity (Wildman–Crippen MR) is 68.1 cm³/mol. The Balaban J connectivity index is 1.99. The van der Waals surface area contributed by atoms with Crippen LogP contribution in [0.4, 0.5) is 10.1 Å². The summed E-state index contributed by atoms with van der Waals surface area (Å²) in [7, 11) is 1.61. The van der Waals surface area contributed by atoms with E-state index < -0.39 is 5.82 Å². The molecule has 3 nitrogen and oxygen atoms in total. The lowest BCUT2D eigenvalue weighted by Gasteiger charge is -2.07. The fraction of sp³-hybridized carbons (Fsp3) is 0.143. The van der Waals surface area contributed by atoms with Gasteiger partial charge in [-0.05, 0) is 29.8 Å². The van der Waals surface area contributed by atoms with Gasteiger partial charge in [-0.15, -0.1) is 0 Å². The van der Waals surface area contributed by atoms with Gasteiger partial charge >= 0.3 is 0 Å². The number of hydrogen-bond acceptors (Lipinski definition) is 3. The Morgan fingerprint density at radius 2 is 1.72 bits per heavy atom. The molecule has 2 rings (SSSR count). The molecule has 2 aromatic carbocycles. The van der Waals surface area contributed by atoms with Crippen molar-refractivity contribution in [3.05, 3.63) is 53.8 Å². The van der Waals surface area contributed by atoms with Crippen LogP contribution in [0.2, 0.25) is 0 Å². The second-order valence-corrected chi connectivity index (χ2v) is 3.82. The number of hydrogen-bond donors (Lipinski definition) is 1. The molecule has 0 fully saturated rings. The molecule has 0 radical (unpaired) electrons. The molecule has 0 unspecified atom stereocenters. The van der Waals surface area contributed by atoms with E-state index in [9.17, 15) is 4.39 Å². The third-order valence-electron chi connectivity index (χ3n) is 2.54. The van der Waals surface area contributed by atoms with Crippen molar-refractivity contribution in [3.63, 3.8) is 0 Å². The van der Waals surface area contributed by atoms with E-state index in [1.165, 1.54) is 12.1 Å². The van der Waals surface area contributed by atoms with Crippen molar-refractivity contribution in [1.82, 2.24) is 0 Å². The normalized spacial score (nSPS) is 10.1. The Hall–Kier alpha value is -2.23. The minimum atomic E-state index is -0.470. The van der Waals surface area contributed by atoms with Crippen LogP contribution in [0.1, 0.15) is 5.56 Å². The summed E-state index contributed by atoms with van der Waals surface area (Å²) in [5.74, 6) is 0.775. The molecule has 0 bridgehead atoms. The molecule has 4 heteroatoms. The van der Waals surface area contributed by atoms with E-state index in [1.54, 1.807) is 13.2 Å². The van der Waals surface area contributed by atoms with E-state index in [2.05, 4.69) is 0 Å². The molecule has 0 aliphatic rings. The van der Waals surface area contributed by atoms with Crippen LogP contribution in [0.5, 0.6) is 11.5 Å². The lowest BCUT2D eigenvalue weighted by Crippen LogP contribution is -1.97. The fourth-order valence-corrected chi connectivity index (χ4v) is 1.49. The first-order valence-corrected chi connectivity index (χ1v) is 5.50. The van der Waals surface area contributed by atoms with Crippen LogP contribution in [-0.2, 0) is 6.61 Å². The number of methoxy groups -OCH3 is 1. The van der Waals surface area contributed by atoms with Gasteiger partial charge in [0.1, 0.15) is 23.9 Å². The van der Waals surface area contributed by atoms with Gasteiger partial charge in [-0.25, -0.2) is 4.39 Å². The molecular weight excluding hydrogens is 233 g/mol. The monoisotopic (exact) mass is 247 g/mol. The second kappa shape index (κ2) is 5.40. The van der Waals surface area contributed by atoms with Crippen molar-refractivity contribution >= 4 is 5.69 Å². The lowest BCUT2D eigenvalue weighted by atomic mass is 10.2. The van der Waals surface area contributed by atoms with Gasteiger partial charge in [-0.2, -0.15) is 0 Å². The third-order valence-corrected chi connectivity index (χ3v) is 2.54. The van der Waals surface area contributed by atoms with E-state index in [1.807, 2.05) is 24.3 Å². The highest BCUT2D eigenvalue weighted by Gasteiger charge is 2.01. The van der Waals surface area contributed by atoms with E-state index >= 15 is 0 Å². The Labute approximate surface area is 105 Å². The summed E-state index contributed by atoms with van der Waals surface area (Å²) in [5, 5.41) is 0. The smallest absolute Gasteiger partial charge is 0.149 e. The summed E-state index contributed by atoms with van der Waals surface area (Å²) in [6.07, 6.45) is 0. The fourth-order valence-electron chi connectivity index (χ4n) is 1.49. The van der Waals surface area contributed by atoms with Crippen LogP contribution in [0.25, 0.3) is 0 Å². The van der Waals surface area contributed by atoms with E-state index in [-0.39, 0.29) is 5.69 Å². The van der Waals surface area contributed by atoms with E-state index in [4.69, 9.17) is 15.2 Å². The first-order chi connectivity index (χ1) is 8.69. The van der Waals surface area contributed by atoms with Crippen molar-refractivity contribution < 1.29 is 13.9 Å². The molecule has 2 N–H and O–H groups in total. The highest BCUT2D eigenvalue weighted by atomic mass is 19.1. The molecule has 0 saturated carbocycles. The minimum absolute atomic E-state index is 0.117. The van der Waals surface area contributed by atoms with Gasteiger partial charge in [0.15, 0.2) is 0 Å². The summed E-state index contributed by atoms with van der Waals surface area (Å²) in [5.41, 5.74) is 6.48. The summed E-state index contributed by atoms with van der Waals surface area (Å²) in [6, 6.07) is 11.9. The highest BCUT2D eigenvalue weighted by molar-refractivity contribution is 5.43.